The van der Waals surface area contributed by atoms with Crippen LogP contribution in [0.2, 0.25) is 0 Å². The predicted octanol–water partition coefficient (Wildman–Crippen LogP) is 8.64. The molecule has 2 nitrogen and oxygen atoms in total. The molecule has 3 unspecified atom stereocenters. The summed E-state index contributed by atoms with van der Waals surface area (Å²) in [6.07, 6.45) is 8.69. The summed E-state index contributed by atoms with van der Waals surface area (Å²) in [7, 11) is 0. The maximum atomic E-state index is 5.99. The van der Waals surface area contributed by atoms with Gasteiger partial charge in [0.2, 0.25) is 0 Å². The van der Waals surface area contributed by atoms with Crippen LogP contribution in [0.15, 0.2) is 40.2 Å². The second-order valence-electron chi connectivity index (χ2n) is 8.07. The van der Waals surface area contributed by atoms with Gasteiger partial charge < -0.3 is 10.2 Å². The lowest BCUT2D eigenvalue weighted by atomic mass is 10.0. The fourth-order valence-corrected chi connectivity index (χ4v) is 7.68. The van der Waals surface area contributed by atoms with Crippen LogP contribution in [0.5, 0.6) is 0 Å². The third kappa shape index (κ3) is 6.24. The molecule has 0 aliphatic carbocycles. The SMILES string of the molecule is CCCCCCc1ccsc1C1SC(C)CC(CC)N1C(=S)Nc1cccc(Br)c1. The summed E-state index contributed by atoms with van der Waals surface area (Å²) in [6, 6.07) is 11.1. The fraction of sp³-hybridized carbons (Fsp3) is 0.542. The monoisotopic (exact) mass is 524 g/mol. The van der Waals surface area contributed by atoms with Crippen LogP contribution in [-0.2, 0) is 6.42 Å². The molecule has 0 radical (unpaired) electrons. The molecule has 1 aliphatic heterocycles. The van der Waals surface area contributed by atoms with E-state index in [2.05, 4.69) is 82.3 Å². The fourth-order valence-electron chi connectivity index (χ4n) is 4.12. The molecule has 2 heterocycles. The van der Waals surface area contributed by atoms with Crippen LogP contribution in [0.25, 0.3) is 0 Å². The van der Waals surface area contributed by atoms with Crippen LogP contribution >= 0.6 is 51.2 Å². The summed E-state index contributed by atoms with van der Waals surface area (Å²) in [6.45, 7) is 6.94. The molecule has 0 amide bonds. The Morgan fingerprint density at radius 2 is 2.07 bits per heavy atom. The summed E-state index contributed by atoms with van der Waals surface area (Å²) in [5.41, 5.74) is 2.56. The standard InChI is InChI=1S/C24H33BrN2S3/c1-4-6-7-8-10-18-13-14-29-22(18)23-27(21(5-2)15-17(3)30-23)24(28)26-20-12-9-11-19(25)16-20/h9,11-14,16-17,21,23H,4-8,10,15H2,1-3H3,(H,26,28). The zero-order valence-electron chi connectivity index (χ0n) is 18.2. The zero-order chi connectivity index (χ0) is 21.5. The van der Waals surface area contributed by atoms with Gasteiger partial charge in [-0.1, -0.05) is 62.0 Å². The van der Waals surface area contributed by atoms with E-state index < -0.39 is 0 Å². The normalized spacial score (nSPS) is 21.6. The number of rotatable bonds is 8. The van der Waals surface area contributed by atoms with Gasteiger partial charge >= 0.3 is 0 Å². The minimum absolute atomic E-state index is 0.298. The maximum Gasteiger partial charge on any atom is 0.174 e. The molecule has 2 aromatic rings. The highest BCUT2D eigenvalue weighted by Crippen LogP contribution is 2.47. The minimum atomic E-state index is 0.298. The van der Waals surface area contributed by atoms with Crippen molar-refractivity contribution in [3.05, 3.63) is 50.6 Å². The average molecular weight is 526 g/mol. The number of thioether (sulfide) groups is 1. The van der Waals surface area contributed by atoms with Gasteiger partial charge in [-0.05, 0) is 73.1 Å². The van der Waals surface area contributed by atoms with Gasteiger partial charge in [0.25, 0.3) is 0 Å². The number of hydrogen-bond donors (Lipinski definition) is 1. The Balaban J connectivity index is 1.83. The third-order valence-corrected chi connectivity index (χ3v) is 9.04. The third-order valence-electron chi connectivity index (χ3n) is 5.70. The molecular weight excluding hydrogens is 492 g/mol. The molecule has 1 saturated heterocycles. The summed E-state index contributed by atoms with van der Waals surface area (Å²) in [5, 5.41) is 7.57. The van der Waals surface area contributed by atoms with Gasteiger partial charge in [0.05, 0.1) is 0 Å². The second kappa shape index (κ2) is 11.9. The van der Waals surface area contributed by atoms with Crippen molar-refractivity contribution < 1.29 is 0 Å². The van der Waals surface area contributed by atoms with Gasteiger partial charge in [-0.25, -0.2) is 0 Å². The average Bonchev–Trinajstić information content (AvgIpc) is 3.18. The summed E-state index contributed by atoms with van der Waals surface area (Å²) >= 11 is 13.5. The summed E-state index contributed by atoms with van der Waals surface area (Å²) in [5.74, 6) is 0. The quantitative estimate of drug-likeness (QED) is 0.274. The molecule has 1 N–H and O–H groups in total. The van der Waals surface area contributed by atoms with Crippen molar-refractivity contribution >= 4 is 62.0 Å². The van der Waals surface area contributed by atoms with Crippen molar-refractivity contribution in [2.45, 2.75) is 82.4 Å². The number of thiocarbonyl (C=S) groups is 1. The van der Waals surface area contributed by atoms with Crippen LogP contribution in [-0.4, -0.2) is 21.3 Å². The lowest BCUT2D eigenvalue weighted by Crippen LogP contribution is -2.48. The summed E-state index contributed by atoms with van der Waals surface area (Å²) in [4.78, 5) is 3.99. The Labute approximate surface area is 204 Å². The first kappa shape index (κ1) is 24.1. The number of benzene rings is 1. The molecule has 164 valence electrons. The second-order valence-corrected chi connectivity index (χ2v) is 11.8. The molecule has 3 rings (SSSR count). The summed E-state index contributed by atoms with van der Waals surface area (Å²) < 4.78 is 1.06. The van der Waals surface area contributed by atoms with Crippen LogP contribution in [0.4, 0.5) is 5.69 Å². The lowest BCUT2D eigenvalue weighted by Gasteiger charge is -2.45. The van der Waals surface area contributed by atoms with Crippen molar-refractivity contribution in [1.82, 2.24) is 4.90 Å². The van der Waals surface area contributed by atoms with E-state index >= 15 is 0 Å². The first-order chi connectivity index (χ1) is 14.5. The Hall–Kier alpha value is -0.560. The van der Waals surface area contributed by atoms with Gasteiger partial charge in [0.1, 0.15) is 5.37 Å². The van der Waals surface area contributed by atoms with E-state index in [1.165, 1.54) is 49.0 Å². The predicted molar refractivity (Wildman–Crippen MR) is 143 cm³/mol. The number of aryl methyl sites for hydroxylation is 1. The molecule has 1 aromatic carbocycles. The number of nitrogens with zero attached hydrogens (tertiary/aromatic N) is 1. The van der Waals surface area contributed by atoms with E-state index in [4.69, 9.17) is 12.2 Å². The van der Waals surface area contributed by atoms with Crippen molar-refractivity contribution in [3.8, 4) is 0 Å². The van der Waals surface area contributed by atoms with Crippen molar-refractivity contribution in [1.29, 1.82) is 0 Å². The van der Waals surface area contributed by atoms with Crippen LogP contribution in [0, 0.1) is 0 Å². The van der Waals surface area contributed by atoms with Crippen molar-refractivity contribution in [3.63, 3.8) is 0 Å². The van der Waals surface area contributed by atoms with E-state index in [0.29, 0.717) is 16.7 Å². The molecular formula is C24H33BrN2S3. The molecule has 1 aromatic heterocycles. The van der Waals surface area contributed by atoms with Crippen molar-refractivity contribution in [2.24, 2.45) is 0 Å². The van der Waals surface area contributed by atoms with E-state index in [-0.39, 0.29) is 0 Å². The highest BCUT2D eigenvalue weighted by atomic mass is 79.9. The van der Waals surface area contributed by atoms with Gasteiger partial charge in [-0.3, -0.25) is 0 Å². The van der Waals surface area contributed by atoms with E-state index in [1.54, 1.807) is 0 Å². The number of unbranched alkanes of at least 4 members (excludes halogenated alkanes) is 3. The molecule has 0 spiro atoms. The molecule has 6 heteroatoms. The van der Waals surface area contributed by atoms with E-state index in [9.17, 15) is 0 Å². The van der Waals surface area contributed by atoms with Crippen LogP contribution in [0.3, 0.4) is 0 Å². The number of thiophene rings is 1. The molecule has 0 saturated carbocycles. The Kier molecular flexibility index (Phi) is 9.55. The maximum absolute atomic E-state index is 5.99. The lowest BCUT2D eigenvalue weighted by molar-refractivity contribution is 0.265. The van der Waals surface area contributed by atoms with Crippen LogP contribution < -0.4 is 5.32 Å². The van der Waals surface area contributed by atoms with E-state index in [1.807, 2.05) is 23.5 Å². The highest BCUT2D eigenvalue weighted by Gasteiger charge is 2.37. The number of hydrogen-bond acceptors (Lipinski definition) is 3. The number of nitrogens with one attached hydrogen (secondary N) is 1. The Bertz CT molecular complexity index is 822. The molecule has 1 fully saturated rings. The molecule has 1 aliphatic rings. The largest absolute Gasteiger partial charge is 0.333 e. The zero-order valence-corrected chi connectivity index (χ0v) is 22.2. The Morgan fingerprint density at radius 1 is 1.23 bits per heavy atom. The Morgan fingerprint density at radius 3 is 2.80 bits per heavy atom. The first-order valence-electron chi connectivity index (χ1n) is 11.1. The smallest absolute Gasteiger partial charge is 0.174 e. The van der Waals surface area contributed by atoms with Gasteiger partial charge in [-0.15, -0.1) is 23.1 Å². The van der Waals surface area contributed by atoms with E-state index in [0.717, 1.165) is 21.7 Å². The first-order valence-corrected chi connectivity index (χ1v) is 14.1. The van der Waals surface area contributed by atoms with Gasteiger partial charge in [0, 0.05) is 26.3 Å². The van der Waals surface area contributed by atoms with Gasteiger partial charge in [0.15, 0.2) is 5.11 Å². The number of halogens is 1. The van der Waals surface area contributed by atoms with Crippen LogP contribution in [0.1, 0.15) is 75.1 Å². The highest BCUT2D eigenvalue weighted by molar-refractivity contribution is 9.10. The topological polar surface area (TPSA) is 15.3 Å². The molecule has 3 atom stereocenters. The number of anilines is 1. The van der Waals surface area contributed by atoms with Crippen molar-refractivity contribution in [2.75, 3.05) is 5.32 Å². The molecule has 0 bridgehead atoms. The molecule has 30 heavy (non-hydrogen) atoms. The minimum Gasteiger partial charge on any atom is -0.333 e. The van der Waals surface area contributed by atoms with Gasteiger partial charge in [-0.2, -0.15) is 0 Å².